The van der Waals surface area contributed by atoms with E-state index < -0.39 is 47.6 Å². The van der Waals surface area contributed by atoms with Crippen molar-refractivity contribution < 1.29 is 32.5 Å². The summed E-state index contributed by atoms with van der Waals surface area (Å²) in [7, 11) is 1.44. The molecule has 3 atom stereocenters. The van der Waals surface area contributed by atoms with E-state index >= 15 is 0 Å². The maximum absolute atomic E-state index is 13.5. The SMILES string of the molecule is CO[C@@H]1COC[C@@H](CNC(=O)Cc2c(F)cc(F)cc2F)[C@@H]1O. The summed E-state index contributed by atoms with van der Waals surface area (Å²) in [4.78, 5) is 11.8. The molecule has 5 nitrogen and oxygen atoms in total. The van der Waals surface area contributed by atoms with Gasteiger partial charge in [0.1, 0.15) is 23.6 Å². The predicted molar refractivity (Wildman–Crippen MR) is 74.1 cm³/mol. The Morgan fingerprint density at radius 2 is 2.00 bits per heavy atom. The lowest BCUT2D eigenvalue weighted by atomic mass is 9.96. The van der Waals surface area contributed by atoms with Crippen LogP contribution < -0.4 is 5.32 Å². The molecule has 2 rings (SSSR count). The van der Waals surface area contributed by atoms with Gasteiger partial charge in [0.2, 0.25) is 5.91 Å². The Balaban J connectivity index is 1.91. The van der Waals surface area contributed by atoms with Crippen molar-refractivity contribution in [2.24, 2.45) is 5.92 Å². The highest BCUT2D eigenvalue weighted by molar-refractivity contribution is 5.78. The molecule has 1 amide bonds. The number of halogens is 3. The maximum atomic E-state index is 13.5. The molecule has 1 fully saturated rings. The second kappa shape index (κ2) is 7.76. The first kappa shape index (κ1) is 17.7. The molecule has 0 unspecified atom stereocenters. The number of hydrogen-bond donors (Lipinski definition) is 2. The number of rotatable bonds is 5. The third-order valence-corrected chi connectivity index (χ3v) is 3.79. The zero-order valence-electron chi connectivity index (χ0n) is 12.5. The Hall–Kier alpha value is -1.64. The molecular formula is C15H18F3NO4. The minimum absolute atomic E-state index is 0.0737. The molecule has 0 spiro atoms. The average Bonchev–Trinajstić information content (AvgIpc) is 2.50. The van der Waals surface area contributed by atoms with E-state index in [4.69, 9.17) is 9.47 Å². The molecule has 0 aliphatic carbocycles. The number of benzene rings is 1. The third-order valence-electron chi connectivity index (χ3n) is 3.79. The Bertz CT molecular complexity index is 547. The van der Waals surface area contributed by atoms with Crippen LogP contribution in [0.2, 0.25) is 0 Å². The highest BCUT2D eigenvalue weighted by atomic mass is 19.1. The lowest BCUT2D eigenvalue weighted by Crippen LogP contribution is -2.49. The molecule has 128 valence electrons. The number of carbonyl (C=O) groups is 1. The van der Waals surface area contributed by atoms with Gasteiger partial charge in [-0.15, -0.1) is 0 Å². The van der Waals surface area contributed by atoms with E-state index in [0.29, 0.717) is 12.1 Å². The fourth-order valence-corrected chi connectivity index (χ4v) is 2.43. The molecule has 2 N–H and O–H groups in total. The van der Waals surface area contributed by atoms with Crippen LogP contribution in [0.3, 0.4) is 0 Å². The number of ether oxygens (including phenoxy) is 2. The van der Waals surface area contributed by atoms with E-state index in [-0.39, 0.29) is 25.7 Å². The number of aliphatic hydroxyl groups is 1. The topological polar surface area (TPSA) is 67.8 Å². The van der Waals surface area contributed by atoms with Crippen molar-refractivity contribution in [2.75, 3.05) is 26.9 Å². The van der Waals surface area contributed by atoms with Gasteiger partial charge in [-0.1, -0.05) is 0 Å². The van der Waals surface area contributed by atoms with Crippen molar-refractivity contribution in [3.63, 3.8) is 0 Å². The summed E-state index contributed by atoms with van der Waals surface area (Å²) < 4.78 is 50.1. The second-order valence-corrected chi connectivity index (χ2v) is 5.39. The largest absolute Gasteiger partial charge is 0.390 e. The second-order valence-electron chi connectivity index (χ2n) is 5.39. The molecule has 0 saturated carbocycles. The van der Waals surface area contributed by atoms with E-state index in [0.717, 1.165) is 0 Å². The first-order valence-corrected chi connectivity index (χ1v) is 7.11. The highest BCUT2D eigenvalue weighted by Gasteiger charge is 2.32. The van der Waals surface area contributed by atoms with E-state index in [1.54, 1.807) is 0 Å². The predicted octanol–water partition coefficient (Wildman–Crippen LogP) is 0.785. The van der Waals surface area contributed by atoms with Crippen LogP contribution in [0.1, 0.15) is 5.56 Å². The van der Waals surface area contributed by atoms with Crippen molar-refractivity contribution >= 4 is 5.91 Å². The molecule has 0 aromatic heterocycles. The average molecular weight is 333 g/mol. The zero-order chi connectivity index (χ0) is 17.0. The Kier molecular flexibility index (Phi) is 5.97. The van der Waals surface area contributed by atoms with Crippen molar-refractivity contribution in [2.45, 2.75) is 18.6 Å². The fourth-order valence-electron chi connectivity index (χ4n) is 2.43. The Labute approximate surface area is 131 Å². The molecule has 0 bridgehead atoms. The first-order valence-electron chi connectivity index (χ1n) is 7.11. The minimum atomic E-state index is -1.11. The maximum Gasteiger partial charge on any atom is 0.224 e. The van der Waals surface area contributed by atoms with Gasteiger partial charge in [-0.2, -0.15) is 0 Å². The number of amides is 1. The molecule has 8 heteroatoms. The molecule has 1 aliphatic heterocycles. The number of carbonyl (C=O) groups excluding carboxylic acids is 1. The fraction of sp³-hybridized carbons (Fsp3) is 0.533. The van der Waals surface area contributed by atoms with Crippen molar-refractivity contribution in [1.29, 1.82) is 0 Å². The van der Waals surface area contributed by atoms with Crippen molar-refractivity contribution in [3.05, 3.63) is 35.1 Å². The molecule has 1 aromatic carbocycles. The van der Waals surface area contributed by atoms with E-state index in [1.165, 1.54) is 7.11 Å². The van der Waals surface area contributed by atoms with E-state index in [2.05, 4.69) is 5.32 Å². The van der Waals surface area contributed by atoms with Gasteiger partial charge in [-0.05, 0) is 0 Å². The van der Waals surface area contributed by atoms with Gasteiger partial charge in [0.15, 0.2) is 0 Å². The number of hydrogen-bond acceptors (Lipinski definition) is 4. The van der Waals surface area contributed by atoms with Crippen LogP contribution >= 0.6 is 0 Å². The van der Waals surface area contributed by atoms with Crippen LogP contribution in [0.5, 0.6) is 0 Å². The lowest BCUT2D eigenvalue weighted by molar-refractivity contribution is -0.136. The van der Waals surface area contributed by atoms with Crippen LogP contribution in [0.4, 0.5) is 13.2 Å². The minimum Gasteiger partial charge on any atom is -0.390 e. The molecule has 1 heterocycles. The zero-order valence-corrected chi connectivity index (χ0v) is 12.5. The summed E-state index contributed by atoms with van der Waals surface area (Å²) in [6.45, 7) is 0.568. The standard InChI is InChI=1S/C15H18F3NO4/c1-22-13-7-23-6-8(15(13)21)5-19-14(20)4-10-11(17)2-9(16)3-12(10)18/h2-3,8,13,15,21H,4-7H2,1H3,(H,19,20)/t8-,13-,15+/m1/s1. The molecule has 1 aromatic rings. The van der Waals surface area contributed by atoms with Gasteiger partial charge in [0.25, 0.3) is 0 Å². The van der Waals surface area contributed by atoms with Crippen molar-refractivity contribution in [3.8, 4) is 0 Å². The number of nitrogens with one attached hydrogen (secondary N) is 1. The molecule has 1 aliphatic rings. The van der Waals surface area contributed by atoms with Crippen LogP contribution in [0, 0.1) is 23.4 Å². The summed E-state index contributed by atoms with van der Waals surface area (Å²) >= 11 is 0. The van der Waals surface area contributed by atoms with E-state index in [9.17, 15) is 23.1 Å². The van der Waals surface area contributed by atoms with Crippen LogP contribution in [0.15, 0.2) is 12.1 Å². The van der Waals surface area contributed by atoms with Gasteiger partial charge in [0, 0.05) is 37.3 Å². The van der Waals surface area contributed by atoms with Crippen LogP contribution in [-0.2, 0) is 20.7 Å². The summed E-state index contributed by atoms with van der Waals surface area (Å²) in [5.74, 6) is -4.30. The van der Waals surface area contributed by atoms with Crippen LogP contribution in [-0.4, -0.2) is 50.1 Å². The normalized spacial score (nSPS) is 24.5. The molecular weight excluding hydrogens is 315 g/mol. The van der Waals surface area contributed by atoms with Gasteiger partial charge < -0.3 is 19.9 Å². The Morgan fingerprint density at radius 1 is 1.35 bits per heavy atom. The quantitative estimate of drug-likeness (QED) is 0.836. The molecule has 0 radical (unpaired) electrons. The van der Waals surface area contributed by atoms with Crippen molar-refractivity contribution in [1.82, 2.24) is 5.32 Å². The van der Waals surface area contributed by atoms with Gasteiger partial charge >= 0.3 is 0 Å². The lowest BCUT2D eigenvalue weighted by Gasteiger charge is -2.33. The van der Waals surface area contributed by atoms with E-state index in [1.807, 2.05) is 0 Å². The van der Waals surface area contributed by atoms with Gasteiger partial charge in [-0.3, -0.25) is 4.79 Å². The summed E-state index contributed by atoms with van der Waals surface area (Å²) in [5.41, 5.74) is -0.501. The Morgan fingerprint density at radius 3 is 2.61 bits per heavy atom. The summed E-state index contributed by atoms with van der Waals surface area (Å²) in [6.07, 6.45) is -1.86. The molecule has 1 saturated heterocycles. The third kappa shape index (κ3) is 4.43. The van der Waals surface area contributed by atoms with Gasteiger partial charge in [-0.25, -0.2) is 13.2 Å². The molecule has 23 heavy (non-hydrogen) atoms. The van der Waals surface area contributed by atoms with Gasteiger partial charge in [0.05, 0.1) is 25.7 Å². The highest BCUT2D eigenvalue weighted by Crippen LogP contribution is 2.18. The first-order chi connectivity index (χ1) is 10.9. The smallest absolute Gasteiger partial charge is 0.224 e. The number of aliphatic hydroxyl groups excluding tert-OH is 1. The number of methoxy groups -OCH3 is 1. The van der Waals surface area contributed by atoms with Crippen LogP contribution in [0.25, 0.3) is 0 Å². The summed E-state index contributed by atoms with van der Waals surface area (Å²) in [6, 6.07) is 1.04. The monoisotopic (exact) mass is 333 g/mol. The summed E-state index contributed by atoms with van der Waals surface area (Å²) in [5, 5.41) is 12.5.